The summed E-state index contributed by atoms with van der Waals surface area (Å²) in [5.74, 6) is -0.743. The fourth-order valence-corrected chi connectivity index (χ4v) is 2.96. The number of carbonyl (C=O) groups is 2. The molecule has 0 bridgehead atoms. The quantitative estimate of drug-likeness (QED) is 0.672. The Morgan fingerprint density at radius 2 is 1.70 bits per heavy atom. The Bertz CT molecular complexity index is 732. The molecule has 0 fully saturated rings. The summed E-state index contributed by atoms with van der Waals surface area (Å²) in [6, 6.07) is 14.5. The van der Waals surface area contributed by atoms with Crippen molar-refractivity contribution in [2.24, 2.45) is 0 Å². The van der Waals surface area contributed by atoms with Crippen LogP contribution in [0, 0.1) is 5.82 Å². The van der Waals surface area contributed by atoms with Gasteiger partial charge in [-0.3, -0.25) is 9.59 Å². The van der Waals surface area contributed by atoms with E-state index in [-0.39, 0.29) is 24.2 Å². The Hall–Kier alpha value is -2.69. The summed E-state index contributed by atoms with van der Waals surface area (Å²) < 4.78 is 13.2. The minimum Gasteiger partial charge on any atom is -0.354 e. The van der Waals surface area contributed by atoms with Gasteiger partial charge in [0, 0.05) is 20.0 Å². The first-order chi connectivity index (χ1) is 13.0. The van der Waals surface area contributed by atoms with Crippen molar-refractivity contribution in [1.82, 2.24) is 10.2 Å². The lowest BCUT2D eigenvalue weighted by Crippen LogP contribution is -2.42. The summed E-state index contributed by atoms with van der Waals surface area (Å²) >= 11 is 0. The third-order valence-corrected chi connectivity index (χ3v) is 4.43. The van der Waals surface area contributed by atoms with Gasteiger partial charge < -0.3 is 10.2 Å². The molecule has 2 rings (SSSR count). The number of nitrogens with zero attached hydrogens (tertiary/aromatic N) is 1. The van der Waals surface area contributed by atoms with Crippen molar-refractivity contribution in [3.8, 4) is 0 Å². The van der Waals surface area contributed by atoms with E-state index in [1.807, 2.05) is 30.3 Å². The van der Waals surface area contributed by atoms with E-state index in [4.69, 9.17) is 0 Å². The summed E-state index contributed by atoms with van der Waals surface area (Å²) in [5, 5.41) is 2.95. The molecule has 144 valence electrons. The van der Waals surface area contributed by atoms with Gasteiger partial charge in [-0.25, -0.2) is 4.39 Å². The zero-order valence-corrected chi connectivity index (χ0v) is 16.0. The molecule has 1 N–H and O–H groups in total. The molecule has 4 nitrogen and oxygen atoms in total. The lowest BCUT2D eigenvalue weighted by Gasteiger charge is -2.30. The predicted molar refractivity (Wildman–Crippen MR) is 104 cm³/mol. The Labute approximate surface area is 160 Å². The van der Waals surface area contributed by atoms with Gasteiger partial charge >= 0.3 is 0 Å². The molecule has 0 aliphatic rings. The van der Waals surface area contributed by atoms with E-state index in [0.29, 0.717) is 6.54 Å². The minimum atomic E-state index is -0.727. The maximum atomic E-state index is 13.2. The van der Waals surface area contributed by atoms with Crippen LogP contribution in [0.15, 0.2) is 54.6 Å². The summed E-state index contributed by atoms with van der Waals surface area (Å²) in [5.41, 5.74) is 1.52. The van der Waals surface area contributed by atoms with Gasteiger partial charge in [-0.1, -0.05) is 62.2 Å². The molecular weight excluding hydrogens is 343 g/mol. The van der Waals surface area contributed by atoms with E-state index in [2.05, 4.69) is 12.2 Å². The van der Waals surface area contributed by atoms with E-state index in [0.717, 1.165) is 30.4 Å². The number of carbonyl (C=O) groups excluding carboxylic acids is 2. The first-order valence-electron chi connectivity index (χ1n) is 9.37. The van der Waals surface area contributed by atoms with Gasteiger partial charge in [-0.2, -0.15) is 0 Å². The first-order valence-corrected chi connectivity index (χ1v) is 9.37. The summed E-state index contributed by atoms with van der Waals surface area (Å²) in [6.07, 6.45) is 3.02. The van der Waals surface area contributed by atoms with Crippen molar-refractivity contribution in [2.75, 3.05) is 6.54 Å². The Balaban J connectivity index is 2.26. The van der Waals surface area contributed by atoms with Crippen LogP contribution in [-0.2, 0) is 16.1 Å². The van der Waals surface area contributed by atoms with Gasteiger partial charge in [0.25, 0.3) is 0 Å². The van der Waals surface area contributed by atoms with E-state index >= 15 is 0 Å². The third-order valence-electron chi connectivity index (χ3n) is 4.43. The first kappa shape index (κ1) is 20.6. The SMILES string of the molecule is CCCCCNC(=O)[C@@H](c1ccccc1)N(Cc1ccc(F)cc1)C(C)=O. The molecule has 1 atom stereocenters. The monoisotopic (exact) mass is 370 g/mol. The van der Waals surface area contributed by atoms with Crippen molar-refractivity contribution in [3.05, 3.63) is 71.5 Å². The molecule has 2 aromatic rings. The van der Waals surface area contributed by atoms with E-state index < -0.39 is 6.04 Å². The molecular formula is C22H27FN2O2. The van der Waals surface area contributed by atoms with Crippen LogP contribution in [-0.4, -0.2) is 23.3 Å². The van der Waals surface area contributed by atoms with Crippen LogP contribution < -0.4 is 5.32 Å². The van der Waals surface area contributed by atoms with Crippen molar-refractivity contribution in [2.45, 2.75) is 45.7 Å². The molecule has 0 unspecified atom stereocenters. The lowest BCUT2D eigenvalue weighted by molar-refractivity contribution is -0.140. The van der Waals surface area contributed by atoms with Crippen molar-refractivity contribution in [1.29, 1.82) is 0 Å². The highest BCUT2D eigenvalue weighted by atomic mass is 19.1. The number of halogens is 1. The maximum absolute atomic E-state index is 13.2. The second-order valence-electron chi connectivity index (χ2n) is 6.58. The normalized spacial score (nSPS) is 11.7. The molecule has 0 aliphatic heterocycles. The highest BCUT2D eigenvalue weighted by Crippen LogP contribution is 2.24. The number of nitrogens with one attached hydrogen (secondary N) is 1. The molecule has 0 spiro atoms. The van der Waals surface area contributed by atoms with Crippen molar-refractivity contribution in [3.63, 3.8) is 0 Å². The van der Waals surface area contributed by atoms with Crippen LogP contribution in [0.2, 0.25) is 0 Å². The number of amides is 2. The number of hydrogen-bond donors (Lipinski definition) is 1. The summed E-state index contributed by atoms with van der Waals surface area (Å²) in [7, 11) is 0. The van der Waals surface area contributed by atoms with Gasteiger partial charge in [-0.05, 0) is 29.7 Å². The van der Waals surface area contributed by atoms with Gasteiger partial charge in [0.05, 0.1) is 0 Å². The molecule has 0 heterocycles. The van der Waals surface area contributed by atoms with E-state index in [9.17, 15) is 14.0 Å². The molecule has 27 heavy (non-hydrogen) atoms. The van der Waals surface area contributed by atoms with Crippen LogP contribution in [0.25, 0.3) is 0 Å². The molecule has 0 saturated carbocycles. The summed E-state index contributed by atoms with van der Waals surface area (Å²) in [4.78, 5) is 26.8. The Morgan fingerprint density at radius 1 is 1.04 bits per heavy atom. The topological polar surface area (TPSA) is 49.4 Å². The zero-order valence-electron chi connectivity index (χ0n) is 16.0. The third kappa shape index (κ3) is 6.20. The van der Waals surface area contributed by atoms with Crippen molar-refractivity contribution < 1.29 is 14.0 Å². The van der Waals surface area contributed by atoms with Crippen LogP contribution in [0.1, 0.15) is 50.3 Å². The lowest BCUT2D eigenvalue weighted by atomic mass is 10.0. The van der Waals surface area contributed by atoms with Crippen LogP contribution >= 0.6 is 0 Å². The second kappa shape index (κ2) is 10.5. The minimum absolute atomic E-state index is 0.199. The van der Waals surface area contributed by atoms with Gasteiger partial charge in [0.15, 0.2) is 0 Å². The molecule has 2 amide bonds. The maximum Gasteiger partial charge on any atom is 0.247 e. The molecule has 0 saturated heterocycles. The highest BCUT2D eigenvalue weighted by Gasteiger charge is 2.29. The smallest absolute Gasteiger partial charge is 0.247 e. The molecule has 0 aromatic heterocycles. The number of unbranched alkanes of at least 4 members (excludes halogenated alkanes) is 2. The fraction of sp³-hybridized carbons (Fsp3) is 0.364. The Morgan fingerprint density at radius 3 is 2.30 bits per heavy atom. The molecule has 2 aromatic carbocycles. The second-order valence-corrected chi connectivity index (χ2v) is 6.58. The van der Waals surface area contributed by atoms with Crippen LogP contribution in [0.5, 0.6) is 0 Å². The molecule has 0 radical (unpaired) electrons. The van der Waals surface area contributed by atoms with E-state index in [1.165, 1.54) is 24.0 Å². The van der Waals surface area contributed by atoms with Gasteiger partial charge in [-0.15, -0.1) is 0 Å². The zero-order chi connectivity index (χ0) is 19.6. The average Bonchev–Trinajstić information content (AvgIpc) is 2.67. The number of benzene rings is 2. The molecule has 5 heteroatoms. The largest absolute Gasteiger partial charge is 0.354 e. The predicted octanol–water partition coefficient (Wildman–Crippen LogP) is 4.22. The van der Waals surface area contributed by atoms with Crippen LogP contribution in [0.3, 0.4) is 0 Å². The van der Waals surface area contributed by atoms with Gasteiger partial charge in [0.1, 0.15) is 11.9 Å². The number of hydrogen-bond acceptors (Lipinski definition) is 2. The summed E-state index contributed by atoms with van der Waals surface area (Å²) in [6.45, 7) is 4.37. The number of rotatable bonds is 9. The Kier molecular flexibility index (Phi) is 7.99. The molecule has 0 aliphatic carbocycles. The fourth-order valence-electron chi connectivity index (χ4n) is 2.96. The van der Waals surface area contributed by atoms with E-state index in [1.54, 1.807) is 12.1 Å². The van der Waals surface area contributed by atoms with Crippen molar-refractivity contribution >= 4 is 11.8 Å². The van der Waals surface area contributed by atoms with Crippen LogP contribution in [0.4, 0.5) is 4.39 Å². The average molecular weight is 370 g/mol. The van der Waals surface area contributed by atoms with Gasteiger partial charge in [0.2, 0.25) is 11.8 Å². The highest BCUT2D eigenvalue weighted by molar-refractivity contribution is 5.88. The standard InChI is InChI=1S/C22H27FN2O2/c1-3-4-8-15-24-22(27)21(19-9-6-5-7-10-19)25(17(2)26)16-18-11-13-20(23)14-12-18/h5-7,9-14,21H,3-4,8,15-16H2,1-2H3,(H,24,27)/t21-/m1/s1.